The Labute approximate surface area is 130 Å². The standard InChI is InChI=1S/C16H23N3O3/c1-4-21-9-5-8-17-16(20)15-7-6-14(22-15)11-19-13(3)10-12(2)18-19/h6-7,10H,4-5,8-9,11H2,1-3H3,(H,17,20). The van der Waals surface area contributed by atoms with Crippen LogP contribution in [-0.4, -0.2) is 35.4 Å². The van der Waals surface area contributed by atoms with Gasteiger partial charge in [0.2, 0.25) is 0 Å². The van der Waals surface area contributed by atoms with Crippen molar-refractivity contribution in [3.63, 3.8) is 0 Å². The second-order valence-corrected chi connectivity index (χ2v) is 5.16. The molecule has 22 heavy (non-hydrogen) atoms. The third-order valence-corrected chi connectivity index (χ3v) is 3.25. The van der Waals surface area contributed by atoms with Gasteiger partial charge in [0.15, 0.2) is 5.76 Å². The van der Waals surface area contributed by atoms with Crippen molar-refractivity contribution in [2.24, 2.45) is 0 Å². The van der Waals surface area contributed by atoms with Crippen LogP contribution in [0.4, 0.5) is 0 Å². The lowest BCUT2D eigenvalue weighted by molar-refractivity contribution is 0.0914. The zero-order chi connectivity index (χ0) is 15.9. The van der Waals surface area contributed by atoms with Gasteiger partial charge in [-0.1, -0.05) is 0 Å². The summed E-state index contributed by atoms with van der Waals surface area (Å²) in [4.78, 5) is 11.9. The van der Waals surface area contributed by atoms with Gasteiger partial charge in [0.25, 0.3) is 5.91 Å². The van der Waals surface area contributed by atoms with E-state index in [1.165, 1.54) is 0 Å². The van der Waals surface area contributed by atoms with E-state index in [0.29, 0.717) is 37.8 Å². The predicted molar refractivity (Wildman–Crippen MR) is 83.0 cm³/mol. The maximum atomic E-state index is 11.9. The van der Waals surface area contributed by atoms with E-state index in [1.807, 2.05) is 37.6 Å². The number of hydrogen-bond acceptors (Lipinski definition) is 4. The number of nitrogens with one attached hydrogen (secondary N) is 1. The van der Waals surface area contributed by atoms with Gasteiger partial charge in [0, 0.05) is 25.5 Å². The number of ether oxygens (including phenoxy) is 1. The van der Waals surface area contributed by atoms with Crippen molar-refractivity contribution >= 4 is 5.91 Å². The topological polar surface area (TPSA) is 69.3 Å². The molecule has 0 spiro atoms. The molecule has 2 heterocycles. The first-order valence-corrected chi connectivity index (χ1v) is 7.56. The fraction of sp³-hybridized carbons (Fsp3) is 0.500. The SMILES string of the molecule is CCOCCCNC(=O)c1ccc(Cn2nc(C)cc2C)o1. The minimum Gasteiger partial charge on any atom is -0.454 e. The van der Waals surface area contributed by atoms with E-state index in [-0.39, 0.29) is 5.91 Å². The number of aromatic nitrogens is 2. The van der Waals surface area contributed by atoms with E-state index in [0.717, 1.165) is 17.8 Å². The number of rotatable bonds is 8. The molecule has 2 rings (SSSR count). The predicted octanol–water partition coefficient (Wildman–Crippen LogP) is 2.30. The van der Waals surface area contributed by atoms with Crippen molar-refractivity contribution in [2.45, 2.75) is 33.7 Å². The van der Waals surface area contributed by atoms with Gasteiger partial charge in [-0.2, -0.15) is 5.10 Å². The average molecular weight is 305 g/mol. The summed E-state index contributed by atoms with van der Waals surface area (Å²) in [6.07, 6.45) is 0.791. The van der Waals surface area contributed by atoms with Crippen LogP contribution >= 0.6 is 0 Å². The molecule has 1 N–H and O–H groups in total. The Bertz CT molecular complexity index is 616. The van der Waals surface area contributed by atoms with Gasteiger partial charge in [0.1, 0.15) is 5.76 Å². The van der Waals surface area contributed by atoms with E-state index in [4.69, 9.17) is 9.15 Å². The quantitative estimate of drug-likeness (QED) is 0.760. The number of nitrogens with zero attached hydrogens (tertiary/aromatic N) is 2. The molecule has 0 aliphatic heterocycles. The molecule has 0 fully saturated rings. The molecule has 0 aromatic carbocycles. The molecule has 0 aliphatic carbocycles. The van der Waals surface area contributed by atoms with E-state index in [2.05, 4.69) is 10.4 Å². The highest BCUT2D eigenvalue weighted by molar-refractivity contribution is 5.91. The van der Waals surface area contributed by atoms with Crippen LogP contribution < -0.4 is 5.32 Å². The van der Waals surface area contributed by atoms with Crippen molar-refractivity contribution in [2.75, 3.05) is 19.8 Å². The monoisotopic (exact) mass is 305 g/mol. The number of aryl methyl sites for hydroxylation is 2. The van der Waals surface area contributed by atoms with Gasteiger partial charge in [0.05, 0.1) is 12.2 Å². The first-order valence-electron chi connectivity index (χ1n) is 7.56. The number of hydrogen-bond donors (Lipinski definition) is 1. The molecular formula is C16H23N3O3. The minimum absolute atomic E-state index is 0.198. The molecule has 6 nitrogen and oxygen atoms in total. The summed E-state index contributed by atoms with van der Waals surface area (Å²) in [7, 11) is 0. The smallest absolute Gasteiger partial charge is 0.286 e. The van der Waals surface area contributed by atoms with Crippen LogP contribution in [0.1, 0.15) is 41.0 Å². The van der Waals surface area contributed by atoms with E-state index >= 15 is 0 Å². The molecule has 0 radical (unpaired) electrons. The van der Waals surface area contributed by atoms with Crippen molar-refractivity contribution < 1.29 is 13.9 Å². The second kappa shape index (κ2) is 7.79. The van der Waals surface area contributed by atoms with Gasteiger partial charge in [-0.3, -0.25) is 9.48 Å². The number of amides is 1. The zero-order valence-electron chi connectivity index (χ0n) is 13.4. The lowest BCUT2D eigenvalue weighted by Crippen LogP contribution is -2.24. The van der Waals surface area contributed by atoms with E-state index in [1.54, 1.807) is 6.07 Å². The van der Waals surface area contributed by atoms with Crippen LogP contribution in [-0.2, 0) is 11.3 Å². The summed E-state index contributed by atoms with van der Waals surface area (Å²) < 4.78 is 12.7. The van der Waals surface area contributed by atoms with Crippen LogP contribution in [0.2, 0.25) is 0 Å². The number of furan rings is 1. The Morgan fingerprint density at radius 1 is 1.41 bits per heavy atom. The van der Waals surface area contributed by atoms with Gasteiger partial charge < -0.3 is 14.5 Å². The summed E-state index contributed by atoms with van der Waals surface area (Å²) >= 11 is 0. The Hall–Kier alpha value is -2.08. The summed E-state index contributed by atoms with van der Waals surface area (Å²) in [6.45, 7) is 8.34. The van der Waals surface area contributed by atoms with E-state index < -0.39 is 0 Å². The molecular weight excluding hydrogens is 282 g/mol. The van der Waals surface area contributed by atoms with Crippen LogP contribution in [0.25, 0.3) is 0 Å². The molecule has 0 bridgehead atoms. The number of carbonyl (C=O) groups excluding carboxylic acids is 1. The highest BCUT2D eigenvalue weighted by atomic mass is 16.5. The minimum atomic E-state index is -0.198. The van der Waals surface area contributed by atoms with Crippen LogP contribution in [0.3, 0.4) is 0 Å². The molecule has 0 unspecified atom stereocenters. The van der Waals surface area contributed by atoms with Crippen LogP contribution in [0.15, 0.2) is 22.6 Å². The van der Waals surface area contributed by atoms with Gasteiger partial charge >= 0.3 is 0 Å². The van der Waals surface area contributed by atoms with Gasteiger partial charge in [-0.15, -0.1) is 0 Å². The van der Waals surface area contributed by atoms with E-state index in [9.17, 15) is 4.79 Å². The van der Waals surface area contributed by atoms with Crippen molar-refractivity contribution in [3.8, 4) is 0 Å². The fourth-order valence-electron chi connectivity index (χ4n) is 2.18. The molecule has 0 saturated carbocycles. The lowest BCUT2D eigenvalue weighted by Gasteiger charge is -2.04. The highest BCUT2D eigenvalue weighted by Crippen LogP contribution is 2.11. The fourth-order valence-corrected chi connectivity index (χ4v) is 2.18. The Morgan fingerprint density at radius 2 is 2.23 bits per heavy atom. The molecule has 0 saturated heterocycles. The first-order chi connectivity index (χ1) is 10.6. The summed E-state index contributed by atoms with van der Waals surface area (Å²) in [6, 6.07) is 5.51. The number of carbonyl (C=O) groups is 1. The molecule has 1 amide bonds. The summed E-state index contributed by atoms with van der Waals surface area (Å²) in [5.41, 5.74) is 2.03. The molecule has 2 aromatic rings. The van der Waals surface area contributed by atoms with Crippen molar-refractivity contribution in [1.29, 1.82) is 0 Å². The zero-order valence-corrected chi connectivity index (χ0v) is 13.4. The molecule has 120 valence electrons. The molecule has 2 aromatic heterocycles. The summed E-state index contributed by atoms with van der Waals surface area (Å²) in [5, 5.41) is 7.20. The largest absolute Gasteiger partial charge is 0.454 e. The Balaban J connectivity index is 1.85. The maximum absolute atomic E-state index is 11.9. The van der Waals surface area contributed by atoms with Crippen molar-refractivity contribution in [1.82, 2.24) is 15.1 Å². The van der Waals surface area contributed by atoms with Crippen LogP contribution in [0, 0.1) is 13.8 Å². The first kappa shape index (κ1) is 16.3. The normalized spacial score (nSPS) is 10.9. The molecule has 6 heteroatoms. The second-order valence-electron chi connectivity index (χ2n) is 5.16. The summed E-state index contributed by atoms with van der Waals surface area (Å²) in [5.74, 6) is 0.842. The third kappa shape index (κ3) is 4.46. The third-order valence-electron chi connectivity index (χ3n) is 3.25. The highest BCUT2D eigenvalue weighted by Gasteiger charge is 2.12. The van der Waals surface area contributed by atoms with Crippen molar-refractivity contribution in [3.05, 3.63) is 41.1 Å². The Morgan fingerprint density at radius 3 is 2.91 bits per heavy atom. The maximum Gasteiger partial charge on any atom is 0.286 e. The lowest BCUT2D eigenvalue weighted by atomic mass is 10.3. The average Bonchev–Trinajstić information content (AvgIpc) is 3.06. The van der Waals surface area contributed by atoms with Crippen LogP contribution in [0.5, 0.6) is 0 Å². The molecule has 0 atom stereocenters. The van der Waals surface area contributed by atoms with Gasteiger partial charge in [-0.05, 0) is 45.4 Å². The van der Waals surface area contributed by atoms with Gasteiger partial charge in [-0.25, -0.2) is 0 Å². The Kier molecular flexibility index (Phi) is 5.77. The molecule has 0 aliphatic rings.